The molecule has 0 fully saturated rings. The van der Waals surface area contributed by atoms with Crippen LogP contribution in [0.2, 0.25) is 10.6 Å². The molecule has 0 saturated heterocycles. The van der Waals surface area contributed by atoms with Crippen LogP contribution < -0.4 is 0 Å². The molecule has 0 bridgehead atoms. The average molecular weight is 149 g/mol. The van der Waals surface area contributed by atoms with Crippen molar-refractivity contribution >= 4 is 23.3 Å². The molecule has 0 aromatic carbocycles. The fraction of sp³-hybridized carbons (Fsp3) is 1.00. The largest absolute Gasteiger partial charge is 0.399 e. The lowest BCUT2D eigenvalue weighted by Crippen LogP contribution is -2.04. The van der Waals surface area contributed by atoms with Crippen LogP contribution in [0.15, 0.2) is 0 Å². The van der Waals surface area contributed by atoms with E-state index in [-0.39, 0.29) is 0 Å². The van der Waals surface area contributed by atoms with Gasteiger partial charge < -0.3 is 0 Å². The Morgan fingerprint density at radius 1 is 1.50 bits per heavy atom. The van der Waals surface area contributed by atoms with Crippen LogP contribution in [0.4, 0.5) is 0 Å². The monoisotopic (exact) mass is 148 g/mol. The standard InChI is InChI=1S/C4H9.C2H5.Al.ClH/c1-4(2)3;1-2;;/h4H,1H2,2-3H3;1H2,2H3;;1H/q;;+1;/p-1. The van der Waals surface area contributed by atoms with E-state index in [4.69, 9.17) is 10.0 Å². The molecule has 0 N–H and O–H groups in total. The molecule has 0 aromatic heterocycles. The highest BCUT2D eigenvalue weighted by atomic mass is 35.6. The van der Waals surface area contributed by atoms with Crippen molar-refractivity contribution in [1.82, 2.24) is 0 Å². The second kappa shape index (κ2) is 4.68. The molecule has 2 heteroatoms. The molecule has 0 aliphatic heterocycles. The van der Waals surface area contributed by atoms with Crippen molar-refractivity contribution in [3.63, 3.8) is 0 Å². The van der Waals surface area contributed by atoms with Gasteiger partial charge in [-0.2, -0.15) is 0 Å². The van der Waals surface area contributed by atoms with Gasteiger partial charge in [0.1, 0.15) is 0 Å². The number of hydrogen-bond donors (Lipinski definition) is 0. The van der Waals surface area contributed by atoms with Crippen molar-refractivity contribution < 1.29 is 0 Å². The van der Waals surface area contributed by atoms with Crippen molar-refractivity contribution in [3.05, 3.63) is 0 Å². The van der Waals surface area contributed by atoms with Gasteiger partial charge in [-0.05, 0) is 0 Å². The number of halogens is 1. The summed E-state index contributed by atoms with van der Waals surface area (Å²) in [5.41, 5.74) is 0. The van der Waals surface area contributed by atoms with E-state index in [0.717, 1.165) is 5.92 Å². The highest BCUT2D eigenvalue weighted by Crippen LogP contribution is 2.10. The second-order valence-electron chi connectivity index (χ2n) is 2.64. The van der Waals surface area contributed by atoms with Crippen LogP contribution in [0.25, 0.3) is 0 Å². The molecule has 0 nitrogen and oxygen atoms in total. The van der Waals surface area contributed by atoms with E-state index in [2.05, 4.69) is 20.8 Å². The lowest BCUT2D eigenvalue weighted by atomic mass is 10.3. The lowest BCUT2D eigenvalue weighted by Gasteiger charge is -2.02. The molecule has 0 aromatic rings. The maximum absolute atomic E-state index is 6.00. The lowest BCUT2D eigenvalue weighted by molar-refractivity contribution is 0.728. The van der Waals surface area contributed by atoms with Crippen molar-refractivity contribution in [2.75, 3.05) is 0 Å². The van der Waals surface area contributed by atoms with Crippen LogP contribution in [0.1, 0.15) is 20.8 Å². The van der Waals surface area contributed by atoms with E-state index in [1.54, 1.807) is 0 Å². The fourth-order valence-corrected chi connectivity index (χ4v) is 3.10. The molecular formula is C6H14AlCl. The van der Waals surface area contributed by atoms with Crippen LogP contribution in [-0.2, 0) is 0 Å². The summed E-state index contributed by atoms with van der Waals surface area (Å²) in [6.07, 6.45) is 0. The third kappa shape index (κ3) is 4.97. The van der Waals surface area contributed by atoms with Gasteiger partial charge >= 0.3 is 13.2 Å². The summed E-state index contributed by atoms with van der Waals surface area (Å²) in [4.78, 5) is 0. The first-order valence-corrected chi connectivity index (χ1v) is 6.68. The van der Waals surface area contributed by atoms with Gasteiger partial charge in [-0.1, -0.05) is 37.3 Å². The first-order chi connectivity index (χ1) is 3.66. The van der Waals surface area contributed by atoms with E-state index in [9.17, 15) is 0 Å². The molecule has 0 atom stereocenters. The van der Waals surface area contributed by atoms with Gasteiger partial charge in [0.05, 0.1) is 0 Å². The maximum Gasteiger partial charge on any atom is 0.399 e. The highest BCUT2D eigenvalue weighted by molar-refractivity contribution is 7.06. The Kier molecular flexibility index (Phi) is 5.16. The summed E-state index contributed by atoms with van der Waals surface area (Å²) >= 11 is -0.767. The van der Waals surface area contributed by atoms with Gasteiger partial charge in [-0.15, -0.1) is 0 Å². The van der Waals surface area contributed by atoms with Gasteiger partial charge in [0.25, 0.3) is 0 Å². The van der Waals surface area contributed by atoms with Gasteiger partial charge in [-0.25, -0.2) is 0 Å². The Balaban J connectivity index is 3.10. The molecule has 48 valence electrons. The summed E-state index contributed by atoms with van der Waals surface area (Å²) in [5, 5.41) is 2.53. The molecule has 0 aliphatic rings. The van der Waals surface area contributed by atoms with Crippen molar-refractivity contribution in [2.45, 2.75) is 31.3 Å². The predicted octanol–water partition coefficient (Wildman–Crippen LogP) is 2.89. The van der Waals surface area contributed by atoms with Gasteiger partial charge in [0.2, 0.25) is 0 Å². The highest BCUT2D eigenvalue weighted by Gasteiger charge is 2.12. The van der Waals surface area contributed by atoms with Gasteiger partial charge in [-0.3, -0.25) is 10.0 Å². The third-order valence-electron chi connectivity index (χ3n) is 1.17. The Bertz CT molecular complexity index is 54.5. The topological polar surface area (TPSA) is 0 Å². The van der Waals surface area contributed by atoms with Crippen LogP contribution in [0.5, 0.6) is 0 Å². The van der Waals surface area contributed by atoms with Crippen molar-refractivity contribution in [1.29, 1.82) is 0 Å². The van der Waals surface area contributed by atoms with Gasteiger partial charge in [0, 0.05) is 0 Å². The summed E-state index contributed by atoms with van der Waals surface area (Å²) < 4.78 is 0. The van der Waals surface area contributed by atoms with Crippen molar-refractivity contribution in [3.8, 4) is 0 Å². The summed E-state index contributed by atoms with van der Waals surface area (Å²) in [6.45, 7) is 6.66. The van der Waals surface area contributed by atoms with E-state index in [1.807, 2.05) is 0 Å². The van der Waals surface area contributed by atoms with Crippen LogP contribution in [0.3, 0.4) is 0 Å². The normalized spacial score (nSPS) is 10.1. The Labute approximate surface area is 60.8 Å². The first-order valence-electron chi connectivity index (χ1n) is 3.30. The predicted molar refractivity (Wildman–Crippen MR) is 41.7 cm³/mol. The molecule has 8 heavy (non-hydrogen) atoms. The summed E-state index contributed by atoms with van der Waals surface area (Å²) in [7, 11) is 6.00. The molecule has 0 aliphatic carbocycles. The minimum atomic E-state index is -0.767. The Morgan fingerprint density at radius 3 is 2.12 bits per heavy atom. The van der Waals surface area contributed by atoms with Gasteiger partial charge in [0.15, 0.2) is 0 Å². The molecule has 0 unspecified atom stereocenters. The average Bonchev–Trinajstić information content (AvgIpc) is 1.65. The van der Waals surface area contributed by atoms with Crippen molar-refractivity contribution in [2.24, 2.45) is 5.92 Å². The first kappa shape index (κ1) is 8.82. The van der Waals surface area contributed by atoms with E-state index in [1.165, 1.54) is 10.6 Å². The number of hydrogen-bond acceptors (Lipinski definition) is 0. The minimum Gasteiger partial charge on any atom is -0.261 e. The van der Waals surface area contributed by atoms with E-state index >= 15 is 0 Å². The third-order valence-corrected chi connectivity index (χ3v) is 4.97. The SMILES string of the molecule is C[CH2][Al]([Cl])[CH2]C(C)C. The summed E-state index contributed by atoms with van der Waals surface area (Å²) in [5.74, 6) is 0.809. The fourth-order valence-electron chi connectivity index (χ4n) is 0.678. The zero-order valence-corrected chi connectivity index (χ0v) is 7.86. The van der Waals surface area contributed by atoms with Crippen LogP contribution in [0, 0.1) is 5.92 Å². The maximum atomic E-state index is 6.00. The minimum absolute atomic E-state index is 0.767. The van der Waals surface area contributed by atoms with E-state index in [0.29, 0.717) is 0 Å². The Morgan fingerprint density at radius 2 is 2.00 bits per heavy atom. The Hall–Kier alpha value is 0.822. The quantitative estimate of drug-likeness (QED) is 0.540. The molecule has 0 heterocycles. The summed E-state index contributed by atoms with van der Waals surface area (Å²) in [6, 6.07) is 0. The smallest absolute Gasteiger partial charge is 0.261 e. The van der Waals surface area contributed by atoms with E-state index < -0.39 is 13.2 Å². The molecule has 0 spiro atoms. The zero-order chi connectivity index (χ0) is 6.57. The molecule has 0 saturated carbocycles. The molecule has 0 amide bonds. The molecular weight excluding hydrogens is 135 g/mol. The number of rotatable bonds is 3. The van der Waals surface area contributed by atoms with Crippen LogP contribution in [-0.4, -0.2) is 13.2 Å². The van der Waals surface area contributed by atoms with Crippen LogP contribution >= 0.6 is 10.0 Å². The molecule has 0 rings (SSSR count). The molecule has 0 radical (unpaired) electrons. The second-order valence-corrected chi connectivity index (χ2v) is 6.97. The zero-order valence-electron chi connectivity index (χ0n) is 5.95.